The minimum Gasteiger partial charge on any atom is -0.507 e. The molecule has 0 atom stereocenters. The lowest BCUT2D eigenvalue weighted by molar-refractivity contribution is -0.139. The largest absolute Gasteiger partial charge is 0.507 e. The van der Waals surface area contributed by atoms with Gasteiger partial charge >= 0.3 is 5.97 Å². The molecule has 12 rings (SSSR count). The molecule has 2 aromatic heterocycles. The molecule has 2 heterocycles. The predicted octanol–water partition coefficient (Wildman–Crippen LogP) is 17.0. The van der Waals surface area contributed by atoms with Crippen LogP contribution in [0.5, 0.6) is 23.0 Å². The van der Waals surface area contributed by atoms with Crippen LogP contribution in [-0.2, 0) is 14.3 Å². The molecule has 3 N–H and O–H groups in total. The zero-order chi connectivity index (χ0) is 65.1. The van der Waals surface area contributed by atoms with Gasteiger partial charge in [-0.05, 0) is 94.2 Å². The van der Waals surface area contributed by atoms with Crippen molar-refractivity contribution >= 4 is 22.8 Å². The molecule has 0 radical (unpaired) electrons. The molecular formula is C78H63ClN6O8. The highest BCUT2D eigenvalue weighted by molar-refractivity contribution is 6.67. The fourth-order valence-electron chi connectivity index (χ4n) is 9.44. The van der Waals surface area contributed by atoms with Gasteiger partial charge in [0.05, 0.1) is 17.7 Å². The van der Waals surface area contributed by atoms with Crippen LogP contribution in [0, 0.1) is 0 Å². The number of ether oxygens (including phenoxy) is 3. The fraction of sp³-hybridized carbons (Fsp3) is 0.0769. The van der Waals surface area contributed by atoms with Gasteiger partial charge in [-0.25, -0.2) is 34.7 Å². The Balaban J connectivity index is 0.000000188. The van der Waals surface area contributed by atoms with Crippen LogP contribution in [0.4, 0.5) is 0 Å². The Morgan fingerprint density at radius 1 is 0.355 bits per heavy atom. The molecule has 10 aromatic carbocycles. The van der Waals surface area contributed by atoms with E-state index in [2.05, 4.69) is 61.7 Å². The molecule has 0 bridgehead atoms. The third-order valence-electron chi connectivity index (χ3n) is 14.3. The first kappa shape index (κ1) is 64.3. The van der Waals surface area contributed by atoms with Gasteiger partial charge in [-0.15, -0.1) is 0 Å². The molecule has 0 aliphatic heterocycles. The summed E-state index contributed by atoms with van der Waals surface area (Å²) in [5, 5.41) is 30.5. The summed E-state index contributed by atoms with van der Waals surface area (Å²) < 4.78 is 16.2. The van der Waals surface area contributed by atoms with Crippen molar-refractivity contribution in [2.45, 2.75) is 13.8 Å². The normalized spacial score (nSPS) is 10.6. The number of benzene rings is 10. The van der Waals surface area contributed by atoms with E-state index in [1.54, 1.807) is 38.1 Å². The lowest BCUT2D eigenvalue weighted by Gasteiger charge is -2.12. The molecule has 0 saturated heterocycles. The van der Waals surface area contributed by atoms with Crippen LogP contribution in [0.25, 0.3) is 113 Å². The number of esters is 1. The number of carbonyl (C=O) groups is 2. The average molecular weight is 1250 g/mol. The minimum atomic E-state index is -0.479. The standard InChI is InChI=1S/C39H31N3O4.C35H27N3O3.C4H5ClO/c1-26(2)39(44)46-24-23-45-33-21-22-34(35(43)25-33)38-41-36(31-17-13-29(14-18-31)27-9-5-3-6-10-27)40-37(42-38)32-19-15-30(16-20-32)28-11-7-4-8-12-28;39-21-22-41-30-19-20-31(32(40)23-30)35-37-33(28-15-11-26(12-16-28)24-7-3-1-4-8-24)36-34(38-35)29-17-13-27(14-18-29)25-9-5-2-6-10-25;1-3(2)4(5)6/h3-22,25,43H,1,23-24H2,2H3;1-20,23,39-40H,21-22H2;1H2,2H3. The highest BCUT2D eigenvalue weighted by Gasteiger charge is 2.19. The number of allylic oxidation sites excluding steroid dienone is 1. The molecule has 0 fully saturated rings. The number of nitrogens with zero attached hydrogens (tertiary/aromatic N) is 6. The Labute approximate surface area is 544 Å². The van der Waals surface area contributed by atoms with Crippen molar-refractivity contribution in [2.75, 3.05) is 26.4 Å². The van der Waals surface area contributed by atoms with Crippen LogP contribution >= 0.6 is 11.6 Å². The monoisotopic (exact) mass is 1250 g/mol. The molecule has 0 saturated carbocycles. The smallest absolute Gasteiger partial charge is 0.333 e. The Morgan fingerprint density at radius 2 is 0.613 bits per heavy atom. The molecule has 0 spiro atoms. The Morgan fingerprint density at radius 3 is 0.871 bits per heavy atom. The van der Waals surface area contributed by atoms with Crippen molar-refractivity contribution in [3.8, 4) is 136 Å². The number of aliphatic hydroxyl groups is 1. The maximum Gasteiger partial charge on any atom is 0.333 e. The maximum absolute atomic E-state index is 11.6. The van der Waals surface area contributed by atoms with E-state index in [1.807, 2.05) is 170 Å². The van der Waals surface area contributed by atoms with Crippen LogP contribution in [0.1, 0.15) is 13.8 Å². The zero-order valence-electron chi connectivity index (χ0n) is 50.9. The van der Waals surface area contributed by atoms with E-state index >= 15 is 0 Å². The molecule has 0 aliphatic carbocycles. The van der Waals surface area contributed by atoms with Gasteiger partial charge < -0.3 is 29.5 Å². The van der Waals surface area contributed by atoms with Gasteiger partial charge in [0, 0.05) is 45.5 Å². The van der Waals surface area contributed by atoms with Gasteiger partial charge in [0.15, 0.2) is 34.9 Å². The number of halogens is 1. The van der Waals surface area contributed by atoms with Crippen molar-refractivity contribution in [1.29, 1.82) is 0 Å². The van der Waals surface area contributed by atoms with E-state index < -0.39 is 11.2 Å². The van der Waals surface area contributed by atoms with Crippen molar-refractivity contribution in [3.63, 3.8) is 0 Å². The molecule has 15 heteroatoms. The molecule has 0 aliphatic rings. The van der Waals surface area contributed by atoms with Crippen molar-refractivity contribution in [3.05, 3.63) is 279 Å². The van der Waals surface area contributed by atoms with Crippen LogP contribution in [0.2, 0.25) is 0 Å². The van der Waals surface area contributed by atoms with E-state index in [0.29, 0.717) is 68.7 Å². The predicted molar refractivity (Wildman–Crippen MR) is 367 cm³/mol. The van der Waals surface area contributed by atoms with E-state index in [4.69, 9.17) is 60.8 Å². The number of hydrogen-bond donors (Lipinski definition) is 3. The van der Waals surface area contributed by atoms with Gasteiger partial charge in [0.25, 0.3) is 0 Å². The highest BCUT2D eigenvalue weighted by atomic mass is 35.5. The van der Waals surface area contributed by atoms with Crippen molar-refractivity contribution in [1.82, 2.24) is 29.9 Å². The summed E-state index contributed by atoms with van der Waals surface area (Å²) >= 11 is 4.87. The summed E-state index contributed by atoms with van der Waals surface area (Å²) in [6.07, 6.45) is 0. The van der Waals surface area contributed by atoms with Crippen LogP contribution in [0.3, 0.4) is 0 Å². The number of phenols is 2. The second-order valence-corrected chi connectivity index (χ2v) is 21.5. The fourth-order valence-corrected chi connectivity index (χ4v) is 9.44. The van der Waals surface area contributed by atoms with Crippen LogP contribution in [-0.4, -0.2) is 82.9 Å². The van der Waals surface area contributed by atoms with Crippen molar-refractivity contribution < 1.29 is 39.1 Å². The van der Waals surface area contributed by atoms with E-state index in [0.717, 1.165) is 66.8 Å². The van der Waals surface area contributed by atoms with E-state index in [9.17, 15) is 19.8 Å². The molecule has 12 aromatic rings. The van der Waals surface area contributed by atoms with Crippen molar-refractivity contribution in [2.24, 2.45) is 0 Å². The second kappa shape index (κ2) is 31.2. The quantitative estimate of drug-likeness (QED) is 0.0299. The van der Waals surface area contributed by atoms with E-state index in [-0.39, 0.29) is 37.9 Å². The molecule has 0 amide bonds. The molecule has 14 nitrogen and oxygen atoms in total. The number of aromatic nitrogens is 6. The maximum atomic E-state index is 11.6. The van der Waals surface area contributed by atoms with Gasteiger partial charge in [0.2, 0.25) is 5.24 Å². The second-order valence-electron chi connectivity index (χ2n) is 21.1. The minimum absolute atomic E-state index is 0.0256. The van der Waals surface area contributed by atoms with Gasteiger partial charge in [-0.1, -0.05) is 232 Å². The van der Waals surface area contributed by atoms with Gasteiger partial charge in [-0.3, -0.25) is 4.79 Å². The molecule has 0 unspecified atom stereocenters. The summed E-state index contributed by atoms with van der Waals surface area (Å²) in [6.45, 7) is 10.2. The van der Waals surface area contributed by atoms with E-state index in [1.165, 1.54) is 12.1 Å². The Kier molecular flexibility index (Phi) is 21.5. The number of aliphatic hydroxyl groups excluding tert-OH is 1. The van der Waals surface area contributed by atoms with Gasteiger partial charge in [-0.2, -0.15) is 0 Å². The number of hydrogen-bond acceptors (Lipinski definition) is 14. The zero-order valence-corrected chi connectivity index (χ0v) is 51.7. The first-order chi connectivity index (χ1) is 45.3. The summed E-state index contributed by atoms with van der Waals surface area (Å²) in [6, 6.07) is 82.8. The lowest BCUT2D eigenvalue weighted by Crippen LogP contribution is -2.12. The summed E-state index contributed by atoms with van der Waals surface area (Å²) in [5.74, 6) is 2.91. The number of aromatic hydroxyl groups is 2. The summed E-state index contributed by atoms with van der Waals surface area (Å²) in [5.41, 5.74) is 13.7. The first-order valence-electron chi connectivity index (χ1n) is 29.6. The Bertz CT molecular complexity index is 4310. The topological polar surface area (TPSA) is 200 Å². The van der Waals surface area contributed by atoms with Crippen LogP contribution in [0.15, 0.2) is 279 Å². The molecular weight excluding hydrogens is 1180 g/mol. The Hall–Kier alpha value is -11.7. The number of rotatable bonds is 19. The number of carbonyl (C=O) groups excluding carboxylic acids is 2. The summed E-state index contributed by atoms with van der Waals surface area (Å²) in [4.78, 5) is 50.2. The lowest BCUT2D eigenvalue weighted by atomic mass is 10.0. The molecule has 93 heavy (non-hydrogen) atoms. The summed E-state index contributed by atoms with van der Waals surface area (Å²) in [7, 11) is 0. The first-order valence-corrected chi connectivity index (χ1v) is 30.0. The molecule has 460 valence electrons. The third kappa shape index (κ3) is 17.2. The SMILES string of the molecule is C=C(C)C(=O)Cl.C=C(C)C(=O)OCCOc1ccc(-c2nc(-c3ccc(-c4ccccc4)cc3)nc(-c3ccc(-c4ccccc4)cc3)n2)c(O)c1.OCCOc1ccc(-c2nc(-c3ccc(-c4ccccc4)cc3)nc(-c3ccc(-c4ccccc4)cc3)n2)c(O)c1. The number of phenolic OH excluding ortho intramolecular Hbond substituents is 2. The van der Waals surface area contributed by atoms with Gasteiger partial charge in [0.1, 0.15) is 42.8 Å². The van der Waals surface area contributed by atoms with Crippen LogP contribution < -0.4 is 9.47 Å². The average Bonchev–Trinajstić information content (AvgIpc) is 0.846. The third-order valence-corrected chi connectivity index (χ3v) is 14.6. The highest BCUT2D eigenvalue weighted by Crippen LogP contribution is 2.36.